The van der Waals surface area contributed by atoms with Gasteiger partial charge in [0.15, 0.2) is 5.69 Å². The van der Waals surface area contributed by atoms with E-state index < -0.39 is 102 Å². The first kappa shape index (κ1) is 12.7. The van der Waals surface area contributed by atoms with Crippen molar-refractivity contribution in [1.29, 1.82) is 0 Å². The molecule has 3 aromatic rings. The molecule has 2 aromatic heterocycles. The summed E-state index contributed by atoms with van der Waals surface area (Å²) in [6, 6.07) is -3.77. The highest BCUT2D eigenvalue weighted by molar-refractivity contribution is 5.94. The molecule has 0 saturated heterocycles. The minimum Gasteiger partial charge on any atom is -0.501 e. The van der Waals surface area contributed by atoms with Crippen molar-refractivity contribution >= 4 is 11.8 Å². The molecule has 12 heteroatoms. The molecule has 168 valence electrons. The van der Waals surface area contributed by atoms with Gasteiger partial charge >= 0.3 is 11.8 Å². The number of nitrogens with zero attached hydrogens (tertiary/aromatic N) is 4. The summed E-state index contributed by atoms with van der Waals surface area (Å²) >= 11 is 0. The molecule has 0 spiro atoms. The predicted octanol–water partition coefficient (Wildman–Crippen LogP) is 0.912. The summed E-state index contributed by atoms with van der Waals surface area (Å²) in [6.07, 6.45) is 0. The molecule has 0 radical (unpaired) electrons. The van der Waals surface area contributed by atoms with Crippen LogP contribution in [0.25, 0.3) is 0 Å². The van der Waals surface area contributed by atoms with E-state index in [0.717, 1.165) is 7.05 Å². The van der Waals surface area contributed by atoms with Crippen LogP contribution in [0, 0.1) is 12.7 Å². The van der Waals surface area contributed by atoms with E-state index >= 15 is 0 Å². The SMILES string of the molecule is [2H]c1c([2H])c(CNC(=O)c2nc(C(NC(=O)c3nnc(C)o3)(C([2H])([2H])[2H])C([2H])([2H])[2H])n(C)c(=O)c2O)c([2H])c([2H])c1F. The maximum Gasteiger partial charge on any atom is 0.309 e. The van der Waals surface area contributed by atoms with Crippen molar-refractivity contribution in [3.05, 3.63) is 69.2 Å². The summed E-state index contributed by atoms with van der Waals surface area (Å²) < 4.78 is 98.2. The average Bonchev–Trinajstić information content (AvgIpc) is 3.33. The van der Waals surface area contributed by atoms with E-state index in [9.17, 15) is 23.9 Å². The van der Waals surface area contributed by atoms with Gasteiger partial charge in [0.2, 0.25) is 11.6 Å². The van der Waals surface area contributed by atoms with Gasteiger partial charge in [-0.2, -0.15) is 0 Å². The van der Waals surface area contributed by atoms with E-state index in [1.165, 1.54) is 6.92 Å². The van der Waals surface area contributed by atoms with E-state index in [0.29, 0.717) is 4.57 Å². The maximum atomic E-state index is 13.9. The quantitative estimate of drug-likeness (QED) is 0.497. The van der Waals surface area contributed by atoms with E-state index in [2.05, 4.69) is 15.2 Å². The lowest BCUT2D eigenvalue weighted by Gasteiger charge is -2.27. The second-order valence-corrected chi connectivity index (χ2v) is 6.30. The molecule has 11 nitrogen and oxygen atoms in total. The van der Waals surface area contributed by atoms with Crippen LogP contribution in [0.15, 0.2) is 33.4 Å². The van der Waals surface area contributed by atoms with Crippen LogP contribution in [0.5, 0.6) is 5.75 Å². The first-order chi connectivity index (χ1) is 19.2. The normalized spacial score (nSPS) is 16.6. The van der Waals surface area contributed by atoms with Crippen molar-refractivity contribution in [2.75, 3.05) is 0 Å². The van der Waals surface area contributed by atoms with Crippen LogP contribution in [0.4, 0.5) is 4.39 Å². The fourth-order valence-electron chi connectivity index (χ4n) is 2.42. The molecule has 0 unspecified atom stereocenters. The fourth-order valence-corrected chi connectivity index (χ4v) is 2.42. The Labute approximate surface area is 195 Å². The molecule has 0 aliphatic carbocycles. The Balaban J connectivity index is 2.20. The molecule has 0 saturated carbocycles. The van der Waals surface area contributed by atoms with E-state index in [-0.39, 0.29) is 5.89 Å². The van der Waals surface area contributed by atoms with Crippen LogP contribution in [0.3, 0.4) is 0 Å². The zero-order chi connectivity index (χ0) is 32.1. The van der Waals surface area contributed by atoms with Gasteiger partial charge in [0, 0.05) is 28.7 Å². The molecule has 0 fully saturated rings. The van der Waals surface area contributed by atoms with Crippen LogP contribution in [0.1, 0.15) is 65.9 Å². The molecular formula is C20H21FN6O5. The number of benzene rings is 1. The van der Waals surface area contributed by atoms with Gasteiger partial charge in [-0.3, -0.25) is 19.0 Å². The number of aryl methyl sites for hydroxylation is 1. The molecule has 2 amide bonds. The highest BCUT2D eigenvalue weighted by Crippen LogP contribution is 2.20. The highest BCUT2D eigenvalue weighted by atomic mass is 19.1. The molecule has 1 aromatic carbocycles. The van der Waals surface area contributed by atoms with Crippen LogP contribution < -0.4 is 16.2 Å². The minimum atomic E-state index is -3.71. The third kappa shape index (κ3) is 4.63. The average molecular weight is 454 g/mol. The van der Waals surface area contributed by atoms with Crippen LogP contribution in [-0.4, -0.2) is 36.7 Å². The van der Waals surface area contributed by atoms with Crippen molar-refractivity contribution in [1.82, 2.24) is 30.4 Å². The third-order valence-corrected chi connectivity index (χ3v) is 3.91. The monoisotopic (exact) mass is 454 g/mol. The van der Waals surface area contributed by atoms with Gasteiger partial charge in [-0.15, -0.1) is 10.2 Å². The second kappa shape index (κ2) is 8.57. The molecule has 0 bridgehead atoms. The number of carbonyl (C=O) groups excluding carboxylic acids is 2. The van der Waals surface area contributed by atoms with Gasteiger partial charge in [-0.05, 0) is 31.4 Å². The summed E-state index contributed by atoms with van der Waals surface area (Å²) in [5.41, 5.74) is -6.73. The number of aromatic hydroxyl groups is 1. The Kier molecular flexibility index (Phi) is 3.40. The summed E-state index contributed by atoms with van der Waals surface area (Å²) in [5, 5.41) is 21.0. The summed E-state index contributed by atoms with van der Waals surface area (Å²) in [4.78, 5) is 42.5. The zero-order valence-corrected chi connectivity index (χ0v) is 16.5. The van der Waals surface area contributed by atoms with E-state index in [4.69, 9.17) is 18.1 Å². The van der Waals surface area contributed by atoms with Crippen LogP contribution in [0.2, 0.25) is 0 Å². The Hall–Kier alpha value is -4.09. The molecule has 32 heavy (non-hydrogen) atoms. The molecule has 0 aliphatic rings. The number of aromatic nitrogens is 4. The van der Waals surface area contributed by atoms with E-state index in [1.807, 2.05) is 5.32 Å². The lowest BCUT2D eigenvalue weighted by molar-refractivity contribution is 0.0869. The fraction of sp³-hybridized carbons (Fsp3) is 0.300. The Morgan fingerprint density at radius 3 is 2.56 bits per heavy atom. The summed E-state index contributed by atoms with van der Waals surface area (Å²) in [5.74, 6) is -7.96. The van der Waals surface area contributed by atoms with Crippen molar-refractivity contribution in [2.45, 2.75) is 32.7 Å². The molecule has 0 aliphatic heterocycles. The topological polar surface area (TPSA) is 152 Å². The number of hydrogen-bond donors (Lipinski definition) is 3. The minimum absolute atomic E-state index is 0.134. The first-order valence-corrected chi connectivity index (χ1v) is 8.63. The molecule has 3 rings (SSSR count). The Bertz CT molecular complexity index is 1610. The second-order valence-electron chi connectivity index (χ2n) is 6.30. The number of nitrogens with one attached hydrogen (secondary N) is 2. The van der Waals surface area contributed by atoms with Crippen LogP contribution >= 0.6 is 0 Å². The Morgan fingerprint density at radius 1 is 1.28 bits per heavy atom. The third-order valence-electron chi connectivity index (χ3n) is 3.91. The van der Waals surface area contributed by atoms with Crippen molar-refractivity contribution in [3.8, 4) is 5.75 Å². The number of rotatable bonds is 6. The standard InChI is InChI=1S/C20H21FN6O5/c1-10-25-26-17(32-10)16(30)24-20(2,3)19-23-13(14(28)18(31)27(19)4)15(29)22-9-11-5-7-12(21)8-6-11/h5-8,28H,9H2,1-4H3,(H,22,29)(H,24,30)/i2D3,3D3,5D,6D,7D,8D. The number of hydrogen-bond acceptors (Lipinski definition) is 8. The number of amides is 2. The van der Waals surface area contributed by atoms with Gasteiger partial charge in [0.1, 0.15) is 11.6 Å². The summed E-state index contributed by atoms with van der Waals surface area (Å²) in [6.45, 7) is -6.96. The predicted molar refractivity (Wildman–Crippen MR) is 108 cm³/mol. The van der Waals surface area contributed by atoms with E-state index in [1.54, 1.807) is 5.32 Å². The van der Waals surface area contributed by atoms with Crippen molar-refractivity contribution < 1.29 is 37.2 Å². The van der Waals surface area contributed by atoms with Crippen molar-refractivity contribution in [3.63, 3.8) is 0 Å². The number of carbonyl (C=O) groups is 2. The first-order valence-electron chi connectivity index (χ1n) is 13.6. The lowest BCUT2D eigenvalue weighted by atomic mass is 10.0. The maximum absolute atomic E-state index is 13.9. The molecule has 2 heterocycles. The molecule has 3 N–H and O–H groups in total. The Morgan fingerprint density at radius 2 is 1.97 bits per heavy atom. The van der Waals surface area contributed by atoms with Gasteiger partial charge in [0.05, 0.1) is 11.0 Å². The molecular weight excluding hydrogens is 423 g/mol. The van der Waals surface area contributed by atoms with Crippen molar-refractivity contribution in [2.24, 2.45) is 7.05 Å². The van der Waals surface area contributed by atoms with Gasteiger partial charge in [-0.25, -0.2) is 9.37 Å². The number of halogens is 1. The highest BCUT2D eigenvalue weighted by Gasteiger charge is 2.32. The molecule has 0 atom stereocenters. The van der Waals surface area contributed by atoms with Gasteiger partial charge in [0.25, 0.3) is 11.5 Å². The zero-order valence-electron chi connectivity index (χ0n) is 26.5. The lowest BCUT2D eigenvalue weighted by Crippen LogP contribution is -2.46. The smallest absolute Gasteiger partial charge is 0.309 e. The van der Waals surface area contributed by atoms with Crippen LogP contribution in [-0.2, 0) is 19.1 Å². The largest absolute Gasteiger partial charge is 0.501 e. The van der Waals surface area contributed by atoms with Gasteiger partial charge in [-0.1, -0.05) is 12.1 Å². The van der Waals surface area contributed by atoms with Gasteiger partial charge < -0.3 is 20.2 Å². The summed E-state index contributed by atoms with van der Waals surface area (Å²) in [7, 11) is 0.824.